The molecule has 0 amide bonds. The number of aliphatic hydroxyl groups is 1. The minimum atomic E-state index is -1.16. The molecule has 0 fully saturated rings. The van der Waals surface area contributed by atoms with Crippen LogP contribution in [0.2, 0.25) is 0 Å². The van der Waals surface area contributed by atoms with Crippen LogP contribution < -0.4 is 4.74 Å². The summed E-state index contributed by atoms with van der Waals surface area (Å²) >= 11 is 0. The molecule has 1 aromatic heterocycles. The van der Waals surface area contributed by atoms with Crippen molar-refractivity contribution in [3.05, 3.63) is 89.1 Å². The van der Waals surface area contributed by atoms with Crippen LogP contribution in [0, 0.1) is 5.82 Å². The minimum Gasteiger partial charge on any atom is -0.507 e. The lowest BCUT2D eigenvalue weighted by molar-refractivity contribution is -0.131. The lowest BCUT2D eigenvalue weighted by Crippen LogP contribution is -2.23. The van der Waals surface area contributed by atoms with Crippen molar-refractivity contribution in [3.63, 3.8) is 0 Å². The molecule has 0 bridgehead atoms. The summed E-state index contributed by atoms with van der Waals surface area (Å²) in [7, 11) is 0. The monoisotopic (exact) mass is 440 g/mol. The number of carboxylic acid groups (broad SMARTS) is 1. The Morgan fingerprint density at radius 2 is 1.91 bits per heavy atom. The average molecular weight is 440 g/mol. The highest BCUT2D eigenvalue weighted by atomic mass is 19.1. The Morgan fingerprint density at radius 1 is 1.16 bits per heavy atom. The summed E-state index contributed by atoms with van der Waals surface area (Å²) in [5.74, 6) is -1.55. The van der Waals surface area contributed by atoms with Gasteiger partial charge in [-0.1, -0.05) is 26.0 Å². The molecule has 0 spiro atoms. The summed E-state index contributed by atoms with van der Waals surface area (Å²) in [6.45, 7) is 3.70. The number of hydrogen-bond donors (Lipinski definition) is 3. The molecule has 3 aromatic rings. The first-order chi connectivity index (χ1) is 15.3. The molecule has 0 unspecified atom stereocenters. The Balaban J connectivity index is 1.83. The van der Waals surface area contributed by atoms with Gasteiger partial charge in [-0.2, -0.15) is 0 Å². The molecule has 168 valence electrons. The van der Waals surface area contributed by atoms with E-state index in [2.05, 4.69) is 0 Å². The molecule has 0 atom stereocenters. The van der Waals surface area contributed by atoms with E-state index in [-0.39, 0.29) is 18.1 Å². The van der Waals surface area contributed by atoms with E-state index in [4.69, 9.17) is 9.15 Å². The normalized spacial score (nSPS) is 12.1. The maximum atomic E-state index is 14.1. The SMILES string of the molecule is CCC(O)(CC)c1cc(F)cc(OCc2ccc(C(=CC(=O)O)c3ccoc3)c(O)c2)c1. The minimum absolute atomic E-state index is 0.0388. The number of phenolic OH excluding ortho intramolecular Hbond substituents is 1. The molecular weight excluding hydrogens is 415 g/mol. The van der Waals surface area contributed by atoms with Crippen LogP contribution in [0.4, 0.5) is 4.39 Å². The number of phenols is 1. The van der Waals surface area contributed by atoms with E-state index in [9.17, 15) is 24.5 Å². The Bertz CT molecular complexity index is 1110. The van der Waals surface area contributed by atoms with E-state index < -0.39 is 17.4 Å². The lowest BCUT2D eigenvalue weighted by Gasteiger charge is -2.26. The smallest absolute Gasteiger partial charge is 0.328 e. The maximum absolute atomic E-state index is 14.1. The van der Waals surface area contributed by atoms with Crippen LogP contribution in [0.25, 0.3) is 5.57 Å². The third kappa shape index (κ3) is 5.18. The van der Waals surface area contributed by atoms with Crippen LogP contribution in [0.3, 0.4) is 0 Å². The van der Waals surface area contributed by atoms with E-state index in [1.165, 1.54) is 30.7 Å². The standard InChI is InChI=1S/C25H25FO6/c1-3-25(30,4-2)18-10-19(26)12-20(11-18)32-14-16-5-6-21(23(27)9-16)22(13-24(28)29)17-7-8-31-15-17/h5-13,15,27,30H,3-4,14H2,1-2H3,(H,28,29). The number of halogens is 1. The van der Waals surface area contributed by atoms with E-state index in [1.54, 1.807) is 24.3 Å². The van der Waals surface area contributed by atoms with Gasteiger partial charge in [-0.3, -0.25) is 0 Å². The zero-order valence-corrected chi connectivity index (χ0v) is 17.8. The lowest BCUT2D eigenvalue weighted by atomic mass is 9.88. The van der Waals surface area contributed by atoms with Crippen LogP contribution in [0.1, 0.15) is 48.9 Å². The first-order valence-electron chi connectivity index (χ1n) is 10.2. The van der Waals surface area contributed by atoms with Crippen LogP contribution in [-0.4, -0.2) is 21.3 Å². The van der Waals surface area contributed by atoms with Crippen LogP contribution in [-0.2, 0) is 17.0 Å². The quantitative estimate of drug-likeness (QED) is 0.394. The molecule has 0 aliphatic rings. The molecule has 0 radical (unpaired) electrons. The highest BCUT2D eigenvalue weighted by Gasteiger charge is 2.26. The van der Waals surface area contributed by atoms with Gasteiger partial charge in [-0.05, 0) is 48.2 Å². The van der Waals surface area contributed by atoms with E-state index in [0.29, 0.717) is 40.7 Å². The highest BCUT2D eigenvalue weighted by molar-refractivity contribution is 5.96. The van der Waals surface area contributed by atoms with Crippen molar-refractivity contribution in [2.24, 2.45) is 0 Å². The Kier molecular flexibility index (Phi) is 7.00. The van der Waals surface area contributed by atoms with Crippen LogP contribution in [0.15, 0.2) is 65.5 Å². The Labute approximate surface area is 185 Å². The summed E-state index contributed by atoms with van der Waals surface area (Å²) in [6.07, 6.45) is 4.67. The summed E-state index contributed by atoms with van der Waals surface area (Å²) in [4.78, 5) is 11.2. The maximum Gasteiger partial charge on any atom is 0.328 e. The zero-order chi connectivity index (χ0) is 23.3. The van der Waals surface area contributed by atoms with Gasteiger partial charge in [0.2, 0.25) is 0 Å². The van der Waals surface area contributed by atoms with Gasteiger partial charge in [0, 0.05) is 28.8 Å². The number of furan rings is 1. The molecule has 0 saturated carbocycles. The fraction of sp³-hybridized carbons (Fsp3) is 0.240. The number of rotatable bonds is 9. The van der Waals surface area contributed by atoms with Crippen molar-refractivity contribution in [3.8, 4) is 11.5 Å². The van der Waals surface area contributed by atoms with E-state index >= 15 is 0 Å². The molecule has 3 N–H and O–H groups in total. The van der Waals surface area contributed by atoms with Crippen molar-refractivity contribution in [1.82, 2.24) is 0 Å². The van der Waals surface area contributed by atoms with Crippen molar-refractivity contribution in [2.75, 3.05) is 0 Å². The third-order valence-corrected chi connectivity index (χ3v) is 5.44. The molecule has 0 saturated heterocycles. The molecular formula is C25H25FO6. The number of carboxylic acids is 1. The predicted molar refractivity (Wildman–Crippen MR) is 117 cm³/mol. The summed E-state index contributed by atoms with van der Waals surface area (Å²) in [5.41, 5.74) is 1.03. The fourth-order valence-electron chi connectivity index (χ4n) is 3.49. The number of aromatic hydroxyl groups is 1. The van der Waals surface area contributed by atoms with E-state index in [1.807, 2.05) is 13.8 Å². The second kappa shape index (κ2) is 9.70. The van der Waals surface area contributed by atoms with Crippen LogP contribution >= 0.6 is 0 Å². The summed E-state index contributed by atoms with van der Waals surface area (Å²) in [5, 5.41) is 30.4. The molecule has 7 heteroatoms. The highest BCUT2D eigenvalue weighted by Crippen LogP contribution is 2.33. The first-order valence-corrected chi connectivity index (χ1v) is 10.2. The molecule has 32 heavy (non-hydrogen) atoms. The van der Waals surface area contributed by atoms with Gasteiger partial charge in [-0.15, -0.1) is 0 Å². The van der Waals surface area contributed by atoms with Crippen molar-refractivity contribution in [1.29, 1.82) is 0 Å². The molecule has 0 aliphatic heterocycles. The third-order valence-electron chi connectivity index (χ3n) is 5.44. The largest absolute Gasteiger partial charge is 0.507 e. The van der Waals surface area contributed by atoms with E-state index in [0.717, 1.165) is 6.08 Å². The topological polar surface area (TPSA) is 100 Å². The van der Waals surface area contributed by atoms with Gasteiger partial charge in [0.05, 0.1) is 18.1 Å². The van der Waals surface area contributed by atoms with Gasteiger partial charge in [0.1, 0.15) is 23.9 Å². The Hall–Kier alpha value is -3.58. The van der Waals surface area contributed by atoms with Crippen molar-refractivity contribution >= 4 is 11.5 Å². The average Bonchev–Trinajstić information content (AvgIpc) is 3.30. The molecule has 0 aliphatic carbocycles. The number of ether oxygens (including phenoxy) is 1. The van der Waals surface area contributed by atoms with Gasteiger partial charge in [0.15, 0.2) is 0 Å². The number of hydrogen-bond acceptors (Lipinski definition) is 5. The van der Waals surface area contributed by atoms with Crippen LogP contribution in [0.5, 0.6) is 11.5 Å². The van der Waals surface area contributed by atoms with Crippen molar-refractivity contribution in [2.45, 2.75) is 38.9 Å². The molecule has 1 heterocycles. The first kappa shape index (κ1) is 23.1. The summed E-state index contributed by atoms with van der Waals surface area (Å²) in [6, 6.07) is 10.5. The number of benzene rings is 2. The second-order valence-corrected chi connectivity index (χ2v) is 7.46. The Morgan fingerprint density at radius 3 is 2.50 bits per heavy atom. The zero-order valence-electron chi connectivity index (χ0n) is 17.8. The van der Waals surface area contributed by atoms with Gasteiger partial charge in [-0.25, -0.2) is 9.18 Å². The molecule has 2 aromatic carbocycles. The van der Waals surface area contributed by atoms with Gasteiger partial charge in [0.25, 0.3) is 0 Å². The molecule has 3 rings (SSSR count). The molecule has 6 nitrogen and oxygen atoms in total. The summed E-state index contributed by atoms with van der Waals surface area (Å²) < 4.78 is 24.8. The second-order valence-electron chi connectivity index (χ2n) is 7.46. The predicted octanol–water partition coefficient (Wildman–Crippen LogP) is 5.23. The van der Waals surface area contributed by atoms with Gasteiger partial charge < -0.3 is 24.5 Å². The number of aliphatic carboxylic acids is 1. The van der Waals surface area contributed by atoms with Crippen molar-refractivity contribution < 1.29 is 33.7 Å². The van der Waals surface area contributed by atoms with Gasteiger partial charge >= 0.3 is 5.97 Å². The fourth-order valence-corrected chi connectivity index (χ4v) is 3.49. The number of carbonyl (C=O) groups is 1.